The number of fused-ring (bicyclic) bond motifs is 2. The Morgan fingerprint density at radius 1 is 0.568 bits per heavy atom. The van der Waals surface area contributed by atoms with Gasteiger partial charge in [0, 0.05) is 146 Å². The maximum atomic E-state index is 13.9. The molecule has 0 aliphatic carbocycles. The second kappa shape index (κ2) is 44.1. The third-order valence-electron chi connectivity index (χ3n) is 20.5. The summed E-state index contributed by atoms with van der Waals surface area (Å²) in [7, 11) is 4.32. The summed E-state index contributed by atoms with van der Waals surface area (Å²) in [6.07, 6.45) is 16.2. The number of hydrogen-bond donors (Lipinski definition) is 3. The second-order valence-electron chi connectivity index (χ2n) is 32.7. The molecular formula is C80H117BN12NaO13S4. The Morgan fingerprint density at radius 2 is 0.946 bits per heavy atom. The number of nitrogens with zero attached hydrogens (tertiary/aromatic N) is 9. The number of anilines is 2. The molecule has 0 saturated carbocycles. The Bertz CT molecular complexity index is 3720. The molecule has 603 valence electrons. The number of likely N-dealkylation sites (tertiary alicyclic amines) is 3. The molecule has 6 saturated heterocycles. The van der Waals surface area contributed by atoms with E-state index < -0.39 is 17.9 Å². The number of aromatic nitrogens is 2. The number of thioether (sulfide) groups is 2. The van der Waals surface area contributed by atoms with Crippen LogP contribution in [0.15, 0.2) is 60.9 Å². The number of urea groups is 2. The predicted molar refractivity (Wildman–Crippen MR) is 434 cm³/mol. The Labute approximate surface area is 697 Å². The monoisotopic (exact) mass is 1620 g/mol. The number of thiazole rings is 2. The first-order valence-electron chi connectivity index (χ1n) is 39.1. The SMILES string of the molecule is CC(=O)OOC(C)=O.CC(C)(C)CCN1C(=O)[C@H](CC(=O)N2CCC(N3CCc4ccccc4NC3=O)CC2)SC1c1cnc(C2CCNCC2)s1.CC(C)C=O.CC(C)CN1CCC(c2ncc(C3S[C@@H](CC(=O)N4CCC(N5CCc6ccccc6NC5=O)CC4)C(=O)N3CCC(C)(C)C)s2)CC1.[B-]OC(C)=O.[Na+]. The molecule has 12 rings (SSSR count). The minimum absolute atomic E-state index is 0. The molecule has 10 heterocycles. The van der Waals surface area contributed by atoms with Crippen molar-refractivity contribution in [3.05, 3.63) is 91.8 Å². The largest absolute Gasteiger partial charge is 1.00 e. The van der Waals surface area contributed by atoms with Crippen molar-refractivity contribution in [1.82, 2.24) is 49.6 Å². The summed E-state index contributed by atoms with van der Waals surface area (Å²) in [6.45, 7) is 35.6. The molecule has 3 radical (unpaired) electrons. The van der Waals surface area contributed by atoms with Gasteiger partial charge in [0.05, 0.1) is 30.3 Å². The van der Waals surface area contributed by atoms with E-state index in [0.717, 1.165) is 162 Å². The van der Waals surface area contributed by atoms with E-state index >= 15 is 0 Å². The van der Waals surface area contributed by atoms with Crippen LogP contribution >= 0.6 is 46.2 Å². The second-order valence-corrected chi connectivity index (χ2v) is 37.4. The Morgan fingerprint density at radius 3 is 1.30 bits per heavy atom. The van der Waals surface area contributed by atoms with Gasteiger partial charge in [-0.05, 0) is 143 Å². The third-order valence-corrected chi connectivity index (χ3v) is 26.2. The molecule has 4 atom stereocenters. The van der Waals surface area contributed by atoms with Crippen LogP contribution in [0.5, 0.6) is 0 Å². The van der Waals surface area contributed by atoms with Crippen LogP contribution < -0.4 is 45.5 Å². The van der Waals surface area contributed by atoms with Gasteiger partial charge in [0.15, 0.2) is 0 Å². The normalized spacial score (nSPS) is 20.9. The van der Waals surface area contributed by atoms with Gasteiger partial charge in [0.2, 0.25) is 29.6 Å². The molecule has 2 unspecified atom stereocenters. The standard InChI is InChI=1S/C37H54N6O3S2.C33H46N6O3S2.C4H6O4.C4H8O.C2H3BO2.Na/c1-25(2)24-40-16-10-27(11-17-40)33-38-23-31(47-33)35-43(21-15-37(3,4)5)34(45)30(48-35)22-32(44)41-18-13-28(14-19-41)42-20-12-26-8-6-7-9-29(26)39-36(42)46;1-33(2,3)13-19-39-30(41)26(44-31(39)27-21-35-29(43-27)23-8-14-34-15-9-23)20-28(40)37-16-11-24(12-17-37)38-18-10-22-6-4-5-7-25(22)36-32(38)42;1-3(5)7-8-4(2)6;1-4(2)3-5;1-2(4)5-3;/h6-9,23,25,27-28,30,35H,10-22,24H2,1-5H3,(H,39,46);4-7,21,23-24,26,31,34H,8-20H2,1-3H3,(H,36,42);1-2H3;3-4H,1-2H3;1H3;/q;;;;-1;+1/t30-,35?;26-,31?;;;;/m00..../s1. The van der Waals surface area contributed by atoms with E-state index in [0.29, 0.717) is 70.1 Å². The summed E-state index contributed by atoms with van der Waals surface area (Å²) in [5.41, 5.74) is 4.31. The van der Waals surface area contributed by atoms with Crippen LogP contribution in [0.25, 0.3) is 0 Å². The molecule has 111 heavy (non-hydrogen) atoms. The molecule has 8 aliphatic rings. The number of piperidine rings is 4. The van der Waals surface area contributed by atoms with Gasteiger partial charge in [-0.15, -0.1) is 46.2 Å². The van der Waals surface area contributed by atoms with E-state index in [1.54, 1.807) is 46.2 Å². The number of nitrogens with one attached hydrogen (secondary N) is 3. The van der Waals surface area contributed by atoms with Crippen molar-refractivity contribution in [2.24, 2.45) is 22.7 Å². The van der Waals surface area contributed by atoms with Gasteiger partial charge in [-0.1, -0.05) is 106 Å². The van der Waals surface area contributed by atoms with Crippen molar-refractivity contribution in [2.75, 3.05) is 95.7 Å². The molecule has 0 spiro atoms. The fourth-order valence-electron chi connectivity index (χ4n) is 14.4. The first kappa shape index (κ1) is 92.1. The molecule has 4 aromatic rings. The van der Waals surface area contributed by atoms with Crippen LogP contribution in [0.4, 0.5) is 21.0 Å². The number of aldehydes is 1. The van der Waals surface area contributed by atoms with Crippen molar-refractivity contribution in [2.45, 2.75) is 225 Å². The van der Waals surface area contributed by atoms with E-state index in [1.807, 2.05) is 92.0 Å². The summed E-state index contributed by atoms with van der Waals surface area (Å²) in [6, 6.07) is 16.1. The molecule has 8 aliphatic heterocycles. The van der Waals surface area contributed by atoms with E-state index in [-0.39, 0.29) is 128 Å². The van der Waals surface area contributed by atoms with Gasteiger partial charge in [-0.3, -0.25) is 24.0 Å². The van der Waals surface area contributed by atoms with Crippen LogP contribution in [0.3, 0.4) is 0 Å². The predicted octanol–water partition coefficient (Wildman–Crippen LogP) is 9.79. The Kier molecular flexibility index (Phi) is 36.6. The number of para-hydroxylation sites is 2. The summed E-state index contributed by atoms with van der Waals surface area (Å²) < 4.78 is 3.61. The summed E-state index contributed by atoms with van der Waals surface area (Å²) in [5.74, 6) is 0.340. The van der Waals surface area contributed by atoms with Gasteiger partial charge >= 0.3 is 53.6 Å². The molecule has 25 nitrogen and oxygen atoms in total. The smallest absolute Gasteiger partial charge is 0.793 e. The minimum atomic E-state index is -0.639. The average Bonchev–Trinajstić information content (AvgIpc) is 1.64. The number of carbonyl (C=O) groups is 10. The Hall–Kier alpha value is -6.12. The first-order valence-corrected chi connectivity index (χ1v) is 42.6. The van der Waals surface area contributed by atoms with Crippen LogP contribution in [-0.4, -0.2) is 220 Å². The van der Waals surface area contributed by atoms with Crippen LogP contribution in [-0.2, 0) is 65.6 Å². The zero-order valence-electron chi connectivity index (χ0n) is 67.8. The number of hydrogen-bond acceptors (Lipinski definition) is 21. The van der Waals surface area contributed by atoms with Crippen molar-refractivity contribution in [1.29, 1.82) is 0 Å². The number of amides is 8. The molecule has 3 N–H and O–H groups in total. The van der Waals surface area contributed by atoms with Crippen LogP contribution in [0.2, 0.25) is 0 Å². The van der Waals surface area contributed by atoms with Gasteiger partial charge in [-0.2, -0.15) is 0 Å². The topological polar surface area (TPSA) is 283 Å². The van der Waals surface area contributed by atoms with Gasteiger partial charge in [0.25, 0.3) is 0 Å². The molecular weight excluding hydrogens is 1500 g/mol. The van der Waals surface area contributed by atoms with Crippen molar-refractivity contribution in [3.63, 3.8) is 0 Å². The summed E-state index contributed by atoms with van der Waals surface area (Å²) in [4.78, 5) is 154. The van der Waals surface area contributed by atoms with E-state index in [2.05, 4.69) is 111 Å². The fraction of sp³-hybridized carbons (Fsp3) is 0.650. The van der Waals surface area contributed by atoms with E-state index in [9.17, 15) is 47.9 Å². The van der Waals surface area contributed by atoms with Crippen LogP contribution in [0, 0.1) is 22.7 Å². The number of benzene rings is 2. The van der Waals surface area contributed by atoms with Crippen LogP contribution in [0.1, 0.15) is 221 Å². The molecule has 2 aromatic carbocycles. The average molecular weight is 1620 g/mol. The molecule has 31 heteroatoms. The van der Waals surface area contributed by atoms with Crippen molar-refractivity contribution < 1.29 is 91.9 Å². The zero-order chi connectivity index (χ0) is 80.0. The first-order chi connectivity index (χ1) is 52.3. The Balaban J connectivity index is 0.000000251. The maximum absolute atomic E-state index is 13.9. The minimum Gasteiger partial charge on any atom is -0.793 e. The quantitative estimate of drug-likeness (QED) is 0.0383. The summed E-state index contributed by atoms with van der Waals surface area (Å²) >= 11 is 6.79. The molecule has 0 bridgehead atoms. The van der Waals surface area contributed by atoms with E-state index in [1.165, 1.54) is 16.9 Å². The summed E-state index contributed by atoms with van der Waals surface area (Å²) in [5, 5.41) is 11.0. The van der Waals surface area contributed by atoms with Gasteiger partial charge < -0.3 is 67.7 Å². The van der Waals surface area contributed by atoms with Crippen molar-refractivity contribution >= 4 is 126 Å². The maximum Gasteiger partial charge on any atom is 1.00 e. The van der Waals surface area contributed by atoms with Gasteiger partial charge in [0.1, 0.15) is 17.0 Å². The number of rotatable bonds is 17. The molecule has 8 amide bonds. The molecule has 2 aromatic heterocycles. The third kappa shape index (κ3) is 28.4. The zero-order valence-corrected chi connectivity index (χ0v) is 73.0. The number of carbonyl (C=O) groups excluding carboxylic acids is 10. The molecule has 6 fully saturated rings. The van der Waals surface area contributed by atoms with Gasteiger partial charge in [-0.25, -0.2) is 38.9 Å². The van der Waals surface area contributed by atoms with Crippen molar-refractivity contribution in [3.8, 4) is 0 Å². The van der Waals surface area contributed by atoms with E-state index in [4.69, 9.17) is 9.97 Å². The fourth-order valence-corrected chi connectivity index (χ4v) is 19.9.